The van der Waals surface area contributed by atoms with Gasteiger partial charge in [-0.05, 0) is 35.9 Å². The van der Waals surface area contributed by atoms with Crippen molar-refractivity contribution in [1.82, 2.24) is 14.1 Å². The van der Waals surface area contributed by atoms with Crippen LogP contribution in [0.4, 0.5) is 13.2 Å². The molecule has 0 saturated carbocycles. The van der Waals surface area contributed by atoms with Crippen molar-refractivity contribution in [2.24, 2.45) is 0 Å². The number of hydrogen-bond donors (Lipinski definition) is 0. The third-order valence-corrected chi connectivity index (χ3v) is 4.56. The summed E-state index contributed by atoms with van der Waals surface area (Å²) in [5, 5.41) is 9.01. The molecule has 8 heteroatoms. The first-order chi connectivity index (χ1) is 13.9. The fraction of sp³-hybridized carbons (Fsp3) is 0.0952. The van der Waals surface area contributed by atoms with Crippen molar-refractivity contribution < 1.29 is 13.2 Å². The molecule has 0 atom stereocenters. The Kier molecular flexibility index (Phi) is 4.43. The number of imidazole rings is 1. The van der Waals surface area contributed by atoms with Crippen molar-refractivity contribution in [3.8, 4) is 11.8 Å². The third-order valence-electron chi connectivity index (χ3n) is 4.56. The van der Waals surface area contributed by atoms with Gasteiger partial charge in [0.2, 0.25) is 0 Å². The van der Waals surface area contributed by atoms with Gasteiger partial charge in [0, 0.05) is 6.20 Å². The summed E-state index contributed by atoms with van der Waals surface area (Å²) in [6, 6.07) is 17.2. The molecule has 0 amide bonds. The van der Waals surface area contributed by atoms with Gasteiger partial charge in [-0.1, -0.05) is 30.3 Å². The van der Waals surface area contributed by atoms with Crippen molar-refractivity contribution >= 4 is 11.2 Å². The number of alkyl halides is 3. The smallest absolute Gasteiger partial charge is 0.272 e. The predicted molar refractivity (Wildman–Crippen MR) is 101 cm³/mol. The van der Waals surface area contributed by atoms with E-state index in [-0.39, 0.29) is 12.2 Å². The molecule has 0 aliphatic rings. The van der Waals surface area contributed by atoms with Gasteiger partial charge in [-0.3, -0.25) is 9.13 Å². The van der Waals surface area contributed by atoms with E-state index in [9.17, 15) is 18.0 Å². The highest BCUT2D eigenvalue weighted by molar-refractivity contribution is 5.74. The summed E-state index contributed by atoms with van der Waals surface area (Å²) in [5.74, 6) is 0. The number of nitriles is 1. The molecule has 0 bridgehead atoms. The van der Waals surface area contributed by atoms with Crippen LogP contribution in [0, 0.1) is 11.3 Å². The molecule has 29 heavy (non-hydrogen) atoms. The number of hydrogen-bond acceptors (Lipinski definition) is 3. The highest BCUT2D eigenvalue weighted by Gasteiger charge is 2.34. The average molecular weight is 394 g/mol. The second-order valence-electron chi connectivity index (χ2n) is 6.38. The van der Waals surface area contributed by atoms with E-state index in [0.29, 0.717) is 11.2 Å². The van der Waals surface area contributed by atoms with Crippen LogP contribution in [-0.4, -0.2) is 14.1 Å². The first-order valence-electron chi connectivity index (χ1n) is 8.62. The van der Waals surface area contributed by atoms with Gasteiger partial charge in [0.05, 0.1) is 34.9 Å². The Labute approximate surface area is 162 Å². The lowest BCUT2D eigenvalue weighted by atomic mass is 10.1. The van der Waals surface area contributed by atoms with E-state index in [1.165, 1.54) is 21.4 Å². The summed E-state index contributed by atoms with van der Waals surface area (Å²) in [6.45, 7) is 0.225. The van der Waals surface area contributed by atoms with E-state index in [1.54, 1.807) is 18.2 Å². The van der Waals surface area contributed by atoms with Crippen LogP contribution in [0.3, 0.4) is 0 Å². The van der Waals surface area contributed by atoms with Gasteiger partial charge in [-0.2, -0.15) is 18.4 Å². The normalized spacial score (nSPS) is 11.5. The molecule has 0 spiro atoms. The molecule has 5 nitrogen and oxygen atoms in total. The molecule has 2 aromatic carbocycles. The fourth-order valence-electron chi connectivity index (χ4n) is 3.25. The maximum absolute atomic E-state index is 13.4. The van der Waals surface area contributed by atoms with Gasteiger partial charge >= 0.3 is 11.9 Å². The molecule has 0 aliphatic carbocycles. The zero-order chi connectivity index (χ0) is 20.6. The number of aromatic nitrogens is 3. The number of rotatable bonds is 3. The van der Waals surface area contributed by atoms with Crippen molar-refractivity contribution in [3.05, 3.63) is 94.0 Å². The Balaban J connectivity index is 1.95. The molecule has 0 saturated heterocycles. The molecule has 2 aromatic heterocycles. The minimum Gasteiger partial charge on any atom is -0.272 e. The Morgan fingerprint density at radius 2 is 1.79 bits per heavy atom. The molecule has 4 rings (SSSR count). The molecule has 0 aliphatic heterocycles. The zero-order valence-electron chi connectivity index (χ0n) is 14.9. The first kappa shape index (κ1) is 18.5. The molecule has 0 unspecified atom stereocenters. The number of fused-ring (bicyclic) bond motifs is 1. The quantitative estimate of drug-likeness (QED) is 0.525. The van der Waals surface area contributed by atoms with Crippen LogP contribution in [-0.2, 0) is 12.7 Å². The minimum absolute atomic E-state index is 0.0196. The number of pyridine rings is 1. The van der Waals surface area contributed by atoms with Crippen LogP contribution in [0.15, 0.2) is 71.7 Å². The Morgan fingerprint density at radius 1 is 1.03 bits per heavy atom. The molecule has 0 fully saturated rings. The van der Waals surface area contributed by atoms with Crippen LogP contribution in [0.2, 0.25) is 0 Å². The maximum Gasteiger partial charge on any atom is 0.417 e. The fourth-order valence-corrected chi connectivity index (χ4v) is 3.25. The van der Waals surface area contributed by atoms with E-state index >= 15 is 0 Å². The lowest BCUT2D eigenvalue weighted by molar-refractivity contribution is -0.137. The van der Waals surface area contributed by atoms with E-state index in [1.807, 2.05) is 30.3 Å². The topological polar surface area (TPSA) is 63.6 Å². The second-order valence-corrected chi connectivity index (χ2v) is 6.38. The maximum atomic E-state index is 13.4. The van der Waals surface area contributed by atoms with Gasteiger partial charge < -0.3 is 0 Å². The lowest BCUT2D eigenvalue weighted by Gasteiger charge is -2.11. The molecular weight excluding hydrogens is 381 g/mol. The predicted octanol–water partition coefficient (Wildman–Crippen LogP) is 4.13. The summed E-state index contributed by atoms with van der Waals surface area (Å²) in [4.78, 5) is 17.4. The van der Waals surface area contributed by atoms with Crippen molar-refractivity contribution in [2.75, 3.05) is 0 Å². The van der Waals surface area contributed by atoms with Gasteiger partial charge in [-0.25, -0.2) is 9.78 Å². The number of nitrogens with zero attached hydrogens (tertiary/aromatic N) is 4. The molecule has 0 N–H and O–H groups in total. The summed E-state index contributed by atoms with van der Waals surface area (Å²) < 4.78 is 42.7. The second kappa shape index (κ2) is 6.95. The van der Waals surface area contributed by atoms with E-state index < -0.39 is 23.0 Å². The summed E-state index contributed by atoms with van der Waals surface area (Å²) in [7, 11) is 0. The van der Waals surface area contributed by atoms with Crippen LogP contribution in [0.5, 0.6) is 0 Å². The Hall–Kier alpha value is -3.86. The molecule has 0 radical (unpaired) electrons. The molecule has 2 heterocycles. The lowest BCUT2D eigenvalue weighted by Crippen LogP contribution is -2.24. The number of halogens is 3. The van der Waals surface area contributed by atoms with Crippen LogP contribution in [0.1, 0.15) is 16.7 Å². The third kappa shape index (κ3) is 3.27. The highest BCUT2D eigenvalue weighted by atomic mass is 19.4. The number of benzene rings is 2. The Bertz CT molecular complexity index is 1300. The molecule has 144 valence electrons. The van der Waals surface area contributed by atoms with Gasteiger partial charge in [-0.15, -0.1) is 0 Å². The minimum atomic E-state index is -4.72. The van der Waals surface area contributed by atoms with Gasteiger partial charge in [0.25, 0.3) is 0 Å². The summed E-state index contributed by atoms with van der Waals surface area (Å²) in [5.41, 5.74) is -0.482. The zero-order valence-corrected chi connectivity index (χ0v) is 14.9. The van der Waals surface area contributed by atoms with Crippen molar-refractivity contribution in [1.29, 1.82) is 5.26 Å². The van der Waals surface area contributed by atoms with Crippen molar-refractivity contribution in [3.63, 3.8) is 0 Å². The largest absolute Gasteiger partial charge is 0.417 e. The van der Waals surface area contributed by atoms with Gasteiger partial charge in [0.1, 0.15) is 0 Å². The SMILES string of the molecule is N#Cc1ccc(-n2c(=O)n(Cc3ccccc3)c3ncccc32)cc1C(F)(F)F. The van der Waals surface area contributed by atoms with E-state index in [4.69, 9.17) is 5.26 Å². The van der Waals surface area contributed by atoms with Gasteiger partial charge in [0.15, 0.2) is 5.65 Å². The summed E-state index contributed by atoms with van der Waals surface area (Å²) in [6.07, 6.45) is -3.20. The van der Waals surface area contributed by atoms with Crippen LogP contribution < -0.4 is 5.69 Å². The monoisotopic (exact) mass is 394 g/mol. The Morgan fingerprint density at radius 3 is 2.48 bits per heavy atom. The van der Waals surface area contributed by atoms with Crippen LogP contribution in [0.25, 0.3) is 16.9 Å². The van der Waals surface area contributed by atoms with Crippen LogP contribution >= 0.6 is 0 Å². The van der Waals surface area contributed by atoms with E-state index in [2.05, 4.69) is 4.98 Å². The highest BCUT2D eigenvalue weighted by Crippen LogP contribution is 2.33. The first-order valence-corrected chi connectivity index (χ1v) is 8.62. The summed E-state index contributed by atoms with van der Waals surface area (Å²) >= 11 is 0. The molecular formula is C21H13F3N4O. The van der Waals surface area contributed by atoms with Crippen molar-refractivity contribution in [2.45, 2.75) is 12.7 Å². The standard InChI is InChI=1S/C21H13F3N4O/c22-21(23,24)17-11-16(9-8-15(17)12-25)28-18-7-4-10-26-19(18)27(20(28)29)13-14-5-2-1-3-6-14/h1-11H,13H2. The average Bonchev–Trinajstić information content (AvgIpc) is 2.99. The van der Waals surface area contributed by atoms with E-state index in [0.717, 1.165) is 17.7 Å². The molecule has 4 aromatic rings.